The molecule has 0 radical (unpaired) electrons. The Kier molecular flexibility index (Phi) is 3.44. The maximum Gasteiger partial charge on any atom is 0.354 e. The fourth-order valence-corrected chi connectivity index (χ4v) is 1.75. The van der Waals surface area contributed by atoms with Crippen molar-refractivity contribution in [3.05, 3.63) is 35.5 Å². The van der Waals surface area contributed by atoms with Gasteiger partial charge in [0.05, 0.1) is 13.2 Å². The quantitative estimate of drug-likeness (QED) is 0.825. The minimum Gasteiger partial charge on any atom is -0.461 e. The average molecular weight is 233 g/mol. The van der Waals surface area contributed by atoms with Gasteiger partial charge in [-0.2, -0.15) is 0 Å². The van der Waals surface area contributed by atoms with Crippen LogP contribution in [0.5, 0.6) is 0 Å². The molecule has 0 aliphatic heterocycles. The van der Waals surface area contributed by atoms with Crippen molar-refractivity contribution < 1.29 is 14.3 Å². The summed E-state index contributed by atoms with van der Waals surface area (Å²) in [5.41, 5.74) is 2.47. The van der Waals surface area contributed by atoms with Crippen molar-refractivity contribution in [3.8, 4) is 0 Å². The molecule has 0 amide bonds. The van der Waals surface area contributed by atoms with E-state index in [9.17, 15) is 4.79 Å². The molecule has 0 atom stereocenters. The number of methoxy groups -OCH3 is 1. The van der Waals surface area contributed by atoms with Crippen molar-refractivity contribution in [2.75, 3.05) is 13.7 Å². The summed E-state index contributed by atoms with van der Waals surface area (Å²) in [6.07, 6.45) is 0. The number of hydrogen-bond acceptors (Lipinski definition) is 3. The maximum absolute atomic E-state index is 11.5. The number of rotatable bonds is 4. The Bertz CT molecular complexity index is 530. The Morgan fingerprint density at radius 3 is 2.88 bits per heavy atom. The van der Waals surface area contributed by atoms with Gasteiger partial charge in [0.25, 0.3) is 0 Å². The third-order valence-corrected chi connectivity index (χ3v) is 2.49. The van der Waals surface area contributed by atoms with Crippen LogP contribution in [0.3, 0.4) is 0 Å². The fraction of sp³-hybridized carbons (Fsp3) is 0.308. The average Bonchev–Trinajstić information content (AvgIpc) is 2.73. The number of esters is 1. The van der Waals surface area contributed by atoms with Gasteiger partial charge < -0.3 is 14.5 Å². The van der Waals surface area contributed by atoms with Crippen LogP contribution in [0.15, 0.2) is 24.3 Å². The highest BCUT2D eigenvalue weighted by molar-refractivity contribution is 5.94. The van der Waals surface area contributed by atoms with Crippen molar-refractivity contribution >= 4 is 16.9 Å². The van der Waals surface area contributed by atoms with Gasteiger partial charge in [-0.3, -0.25) is 0 Å². The van der Waals surface area contributed by atoms with Crippen molar-refractivity contribution in [2.24, 2.45) is 0 Å². The predicted octanol–water partition coefficient (Wildman–Crippen LogP) is 2.49. The summed E-state index contributed by atoms with van der Waals surface area (Å²) in [4.78, 5) is 14.6. The van der Waals surface area contributed by atoms with E-state index >= 15 is 0 Å². The molecule has 1 N–H and O–H groups in total. The van der Waals surface area contributed by atoms with E-state index < -0.39 is 0 Å². The first-order valence-corrected chi connectivity index (χ1v) is 5.52. The number of aromatic nitrogens is 1. The van der Waals surface area contributed by atoms with E-state index in [0.717, 1.165) is 16.5 Å². The van der Waals surface area contributed by atoms with Crippen LogP contribution in [0.2, 0.25) is 0 Å². The molecule has 17 heavy (non-hydrogen) atoms. The van der Waals surface area contributed by atoms with Gasteiger partial charge in [0.2, 0.25) is 0 Å². The summed E-state index contributed by atoms with van der Waals surface area (Å²) in [5, 5.41) is 0.993. The molecule has 0 spiro atoms. The molecule has 4 heteroatoms. The van der Waals surface area contributed by atoms with Crippen molar-refractivity contribution in [1.29, 1.82) is 0 Å². The number of fused-ring (bicyclic) bond motifs is 1. The van der Waals surface area contributed by atoms with Crippen LogP contribution in [0.25, 0.3) is 10.9 Å². The van der Waals surface area contributed by atoms with Crippen LogP contribution in [0.1, 0.15) is 23.0 Å². The number of hydrogen-bond donors (Lipinski definition) is 1. The van der Waals surface area contributed by atoms with Gasteiger partial charge in [-0.05, 0) is 24.6 Å². The van der Waals surface area contributed by atoms with Crippen LogP contribution < -0.4 is 0 Å². The molecule has 0 saturated heterocycles. The largest absolute Gasteiger partial charge is 0.461 e. The highest BCUT2D eigenvalue weighted by Gasteiger charge is 2.10. The van der Waals surface area contributed by atoms with E-state index in [2.05, 4.69) is 4.98 Å². The number of aromatic amines is 1. The second-order valence-corrected chi connectivity index (χ2v) is 3.76. The summed E-state index contributed by atoms with van der Waals surface area (Å²) < 4.78 is 10.0. The van der Waals surface area contributed by atoms with Gasteiger partial charge in [0.15, 0.2) is 0 Å². The van der Waals surface area contributed by atoms with E-state index in [4.69, 9.17) is 9.47 Å². The second kappa shape index (κ2) is 5.01. The first kappa shape index (κ1) is 11.7. The lowest BCUT2D eigenvalue weighted by Gasteiger charge is -1.98. The molecule has 1 aromatic heterocycles. The van der Waals surface area contributed by atoms with Crippen molar-refractivity contribution in [1.82, 2.24) is 4.98 Å². The lowest BCUT2D eigenvalue weighted by atomic mass is 10.2. The van der Waals surface area contributed by atoms with Crippen LogP contribution in [-0.4, -0.2) is 24.7 Å². The van der Waals surface area contributed by atoms with Crippen LogP contribution in [-0.2, 0) is 16.1 Å². The zero-order chi connectivity index (χ0) is 12.3. The summed E-state index contributed by atoms with van der Waals surface area (Å²) in [6, 6.07) is 7.71. The molecule has 0 bridgehead atoms. The summed E-state index contributed by atoms with van der Waals surface area (Å²) in [5.74, 6) is -0.322. The topological polar surface area (TPSA) is 51.3 Å². The maximum atomic E-state index is 11.5. The number of H-pyrrole nitrogens is 1. The summed E-state index contributed by atoms with van der Waals surface area (Å²) in [7, 11) is 1.66. The number of nitrogens with one attached hydrogen (secondary N) is 1. The Morgan fingerprint density at radius 1 is 1.35 bits per heavy atom. The van der Waals surface area contributed by atoms with Gasteiger partial charge in [-0.15, -0.1) is 0 Å². The lowest BCUT2D eigenvalue weighted by molar-refractivity contribution is 0.0520. The van der Waals surface area contributed by atoms with Gasteiger partial charge >= 0.3 is 5.97 Å². The molecule has 4 nitrogen and oxygen atoms in total. The molecule has 1 aromatic carbocycles. The molecule has 2 aromatic rings. The molecule has 0 saturated carbocycles. The molecule has 0 unspecified atom stereocenters. The Balaban J connectivity index is 2.33. The van der Waals surface area contributed by atoms with Crippen LogP contribution in [0.4, 0.5) is 0 Å². The number of benzene rings is 1. The van der Waals surface area contributed by atoms with Crippen LogP contribution in [0, 0.1) is 0 Å². The van der Waals surface area contributed by atoms with Gasteiger partial charge in [-0.25, -0.2) is 4.79 Å². The van der Waals surface area contributed by atoms with Crippen molar-refractivity contribution in [2.45, 2.75) is 13.5 Å². The molecule has 0 fully saturated rings. The third-order valence-electron chi connectivity index (χ3n) is 2.49. The Morgan fingerprint density at radius 2 is 2.18 bits per heavy atom. The smallest absolute Gasteiger partial charge is 0.354 e. The molecule has 2 rings (SSSR count). The molecule has 0 aliphatic carbocycles. The van der Waals surface area contributed by atoms with Gasteiger partial charge in [0.1, 0.15) is 5.69 Å². The zero-order valence-electron chi connectivity index (χ0n) is 9.95. The summed E-state index contributed by atoms with van der Waals surface area (Å²) >= 11 is 0. The standard InChI is InChI=1S/C13H15NO3/c1-3-17-13(15)12-7-10-5-4-9(8-16-2)6-11(10)14-12/h4-7,14H,3,8H2,1-2H3. The van der Waals surface area contributed by atoms with E-state index in [1.54, 1.807) is 20.1 Å². The third kappa shape index (κ3) is 2.47. The second-order valence-electron chi connectivity index (χ2n) is 3.76. The monoisotopic (exact) mass is 233 g/mol. The summed E-state index contributed by atoms with van der Waals surface area (Å²) in [6.45, 7) is 2.73. The fourth-order valence-electron chi connectivity index (χ4n) is 1.75. The minimum atomic E-state index is -0.322. The highest BCUT2D eigenvalue weighted by atomic mass is 16.5. The van der Waals surface area contributed by atoms with E-state index in [-0.39, 0.29) is 5.97 Å². The zero-order valence-corrected chi connectivity index (χ0v) is 9.95. The highest BCUT2D eigenvalue weighted by Crippen LogP contribution is 2.18. The number of carbonyl (C=O) groups is 1. The first-order valence-electron chi connectivity index (χ1n) is 5.52. The van der Waals surface area contributed by atoms with E-state index in [1.165, 1.54) is 0 Å². The molecular formula is C13H15NO3. The Labute approximate surface area is 99.5 Å². The van der Waals surface area contributed by atoms with E-state index in [0.29, 0.717) is 18.9 Å². The van der Waals surface area contributed by atoms with Gasteiger partial charge in [-0.1, -0.05) is 12.1 Å². The molecule has 1 heterocycles. The SMILES string of the molecule is CCOC(=O)c1cc2ccc(COC)cc2[nH]1. The Hall–Kier alpha value is -1.81. The lowest BCUT2D eigenvalue weighted by Crippen LogP contribution is -2.04. The van der Waals surface area contributed by atoms with Crippen LogP contribution >= 0.6 is 0 Å². The molecular weight excluding hydrogens is 218 g/mol. The molecule has 90 valence electrons. The number of carbonyl (C=O) groups excluding carboxylic acids is 1. The minimum absolute atomic E-state index is 0.322. The van der Waals surface area contributed by atoms with Crippen molar-refractivity contribution in [3.63, 3.8) is 0 Å². The van der Waals surface area contributed by atoms with E-state index in [1.807, 2.05) is 18.2 Å². The molecule has 0 aliphatic rings. The normalized spacial score (nSPS) is 10.7. The van der Waals surface area contributed by atoms with Gasteiger partial charge in [0, 0.05) is 18.0 Å². The predicted molar refractivity (Wildman–Crippen MR) is 65.0 cm³/mol. The number of ether oxygens (including phenoxy) is 2. The first-order chi connectivity index (χ1) is 8.24.